The Hall–Kier alpha value is -2.87. The predicted molar refractivity (Wildman–Crippen MR) is 111 cm³/mol. The van der Waals surface area contributed by atoms with Gasteiger partial charge in [0.15, 0.2) is 11.5 Å². The number of allylic oxidation sites excluding steroid dienone is 3. The monoisotopic (exact) mass is 413 g/mol. The first-order valence-electron chi connectivity index (χ1n) is 10.1. The molecule has 160 valence electrons. The van der Waals surface area contributed by atoms with Gasteiger partial charge < -0.3 is 24.1 Å². The highest BCUT2D eigenvalue weighted by molar-refractivity contribution is 6.08. The first kappa shape index (κ1) is 20.4. The van der Waals surface area contributed by atoms with Crippen LogP contribution >= 0.6 is 0 Å². The zero-order chi connectivity index (χ0) is 21.3. The fraction of sp³-hybridized carbons (Fsp3) is 0.500. The van der Waals surface area contributed by atoms with Crippen LogP contribution in [0.2, 0.25) is 0 Å². The van der Waals surface area contributed by atoms with E-state index in [0.29, 0.717) is 36.3 Å². The van der Waals surface area contributed by atoms with Gasteiger partial charge in [-0.3, -0.25) is 4.99 Å². The number of methoxy groups -OCH3 is 3. The molecule has 0 saturated heterocycles. The number of aliphatic hydroxyl groups excluding tert-OH is 1. The van der Waals surface area contributed by atoms with Crippen molar-refractivity contribution < 1.29 is 24.1 Å². The summed E-state index contributed by atoms with van der Waals surface area (Å²) in [5.74, 6) is 1.95. The summed E-state index contributed by atoms with van der Waals surface area (Å²) in [5.41, 5.74) is 3.79. The lowest BCUT2D eigenvalue weighted by Gasteiger charge is -2.37. The Morgan fingerprint density at radius 3 is 2.60 bits per heavy atom. The average Bonchev–Trinajstić information content (AvgIpc) is 2.78. The summed E-state index contributed by atoms with van der Waals surface area (Å²) >= 11 is 0. The number of hydrogen-bond donors (Lipinski definition) is 1. The predicted octanol–water partition coefficient (Wildman–Crippen LogP) is 2.59. The van der Waals surface area contributed by atoms with Crippen LogP contribution in [0.5, 0.6) is 11.8 Å². The highest BCUT2D eigenvalue weighted by Crippen LogP contribution is 2.43. The van der Waals surface area contributed by atoms with E-state index < -0.39 is 0 Å². The second-order valence-corrected chi connectivity index (χ2v) is 7.41. The number of nitrogens with zero attached hydrogens (tertiary/aromatic N) is 3. The first-order chi connectivity index (χ1) is 14.6. The zero-order valence-electron chi connectivity index (χ0n) is 17.7. The molecule has 1 aromatic heterocycles. The third-order valence-corrected chi connectivity index (χ3v) is 5.71. The molecule has 1 aliphatic heterocycles. The Morgan fingerprint density at radius 1 is 1.07 bits per heavy atom. The number of aliphatic hydroxyl groups is 1. The molecule has 8 heteroatoms. The third kappa shape index (κ3) is 3.56. The van der Waals surface area contributed by atoms with Crippen molar-refractivity contribution in [3.8, 4) is 11.8 Å². The fourth-order valence-corrected chi connectivity index (χ4v) is 4.33. The number of rotatable bonds is 6. The molecule has 30 heavy (non-hydrogen) atoms. The summed E-state index contributed by atoms with van der Waals surface area (Å²) in [7, 11) is 4.74. The Labute approximate surface area is 175 Å². The molecule has 3 atom stereocenters. The number of ether oxygens (including phenoxy) is 4. The molecule has 1 N–H and O–H groups in total. The van der Waals surface area contributed by atoms with E-state index >= 15 is 0 Å². The van der Waals surface area contributed by atoms with Gasteiger partial charge in [0, 0.05) is 12.0 Å². The molecule has 8 nitrogen and oxygen atoms in total. The molecule has 3 aliphatic rings. The molecule has 0 spiro atoms. The Kier molecular flexibility index (Phi) is 5.76. The average molecular weight is 413 g/mol. The second-order valence-electron chi connectivity index (χ2n) is 7.41. The standard InChI is InChI=1S/C22H27N3O5/c1-5-30-19-9-13-14-8-12(26)6-7-17(14)23-21(15(13)10-18(19)27-2)16-11-20(28-3)24-25-22(16)29-4/h9-12,15,17,26H,5-8H2,1-4H3/t12-,15?,17-/m1/s1. The van der Waals surface area contributed by atoms with E-state index in [-0.39, 0.29) is 18.1 Å². The topological polar surface area (TPSA) is 95.3 Å². The van der Waals surface area contributed by atoms with Crippen LogP contribution in [0.3, 0.4) is 0 Å². The summed E-state index contributed by atoms with van der Waals surface area (Å²) in [6.07, 6.45) is 5.80. The van der Waals surface area contributed by atoms with Gasteiger partial charge in [-0.15, -0.1) is 10.2 Å². The molecule has 1 fully saturated rings. The van der Waals surface area contributed by atoms with Gasteiger partial charge in [0.25, 0.3) is 0 Å². The van der Waals surface area contributed by atoms with Crippen molar-refractivity contribution >= 4 is 5.71 Å². The van der Waals surface area contributed by atoms with E-state index in [1.165, 1.54) is 0 Å². The molecule has 0 aromatic carbocycles. The minimum atomic E-state index is -0.352. The van der Waals surface area contributed by atoms with E-state index in [1.807, 2.05) is 19.1 Å². The maximum Gasteiger partial charge on any atom is 0.242 e. The van der Waals surface area contributed by atoms with Crippen LogP contribution in [0, 0.1) is 5.92 Å². The van der Waals surface area contributed by atoms with Crippen molar-refractivity contribution in [1.82, 2.24) is 10.2 Å². The number of aliphatic imine (C=N–C) groups is 1. The highest BCUT2D eigenvalue weighted by Gasteiger charge is 2.38. The maximum absolute atomic E-state index is 10.3. The summed E-state index contributed by atoms with van der Waals surface area (Å²) < 4.78 is 22.2. The van der Waals surface area contributed by atoms with Crippen LogP contribution < -0.4 is 9.47 Å². The van der Waals surface area contributed by atoms with Gasteiger partial charge in [0.05, 0.1) is 51.4 Å². The normalized spacial score (nSPS) is 25.4. The van der Waals surface area contributed by atoms with Gasteiger partial charge in [-0.2, -0.15) is 0 Å². The molecule has 2 aliphatic carbocycles. The van der Waals surface area contributed by atoms with Crippen LogP contribution in [0.25, 0.3) is 0 Å². The van der Waals surface area contributed by atoms with E-state index in [1.54, 1.807) is 27.4 Å². The Morgan fingerprint density at radius 2 is 1.90 bits per heavy atom. The number of aromatic nitrogens is 2. The largest absolute Gasteiger partial charge is 0.493 e. The number of fused-ring (bicyclic) bond motifs is 2. The fourth-order valence-electron chi connectivity index (χ4n) is 4.33. The lowest BCUT2D eigenvalue weighted by molar-refractivity contribution is 0.143. The van der Waals surface area contributed by atoms with Gasteiger partial charge in [-0.25, -0.2) is 0 Å². The second kappa shape index (κ2) is 8.47. The van der Waals surface area contributed by atoms with Crippen molar-refractivity contribution in [3.63, 3.8) is 0 Å². The lowest BCUT2D eigenvalue weighted by Crippen LogP contribution is -2.34. The molecule has 1 aromatic rings. The Balaban J connectivity index is 1.88. The summed E-state index contributed by atoms with van der Waals surface area (Å²) in [4.78, 5) is 5.09. The van der Waals surface area contributed by atoms with Crippen molar-refractivity contribution in [1.29, 1.82) is 0 Å². The van der Waals surface area contributed by atoms with Crippen LogP contribution in [-0.2, 0) is 9.47 Å². The SMILES string of the molecule is CCOC1=CC2=C3C[C@H](O)CC[C@H]3N=C(c3cc(OC)nnc3OC)C2C=C1OC. The van der Waals surface area contributed by atoms with Gasteiger partial charge in [0.2, 0.25) is 11.8 Å². The van der Waals surface area contributed by atoms with Gasteiger partial charge in [0.1, 0.15) is 0 Å². The van der Waals surface area contributed by atoms with E-state index in [9.17, 15) is 5.11 Å². The molecule has 0 bridgehead atoms. The Bertz CT molecular complexity index is 950. The smallest absolute Gasteiger partial charge is 0.242 e. The molecular weight excluding hydrogens is 386 g/mol. The molecular formula is C22H27N3O5. The van der Waals surface area contributed by atoms with Crippen LogP contribution in [0.15, 0.2) is 45.9 Å². The van der Waals surface area contributed by atoms with Crippen molar-refractivity contribution in [2.75, 3.05) is 27.9 Å². The highest BCUT2D eigenvalue weighted by atomic mass is 16.5. The molecule has 2 heterocycles. The summed E-state index contributed by atoms with van der Waals surface area (Å²) in [6.45, 7) is 2.48. The molecule has 4 rings (SSSR count). The maximum atomic E-state index is 10.3. The summed E-state index contributed by atoms with van der Waals surface area (Å²) in [6, 6.07) is 1.79. The van der Waals surface area contributed by atoms with Crippen molar-refractivity contribution in [2.24, 2.45) is 10.9 Å². The minimum Gasteiger partial charge on any atom is -0.493 e. The summed E-state index contributed by atoms with van der Waals surface area (Å²) in [5, 5.41) is 18.5. The van der Waals surface area contributed by atoms with Crippen LogP contribution in [0.1, 0.15) is 31.7 Å². The third-order valence-electron chi connectivity index (χ3n) is 5.71. The zero-order valence-corrected chi connectivity index (χ0v) is 17.7. The van der Waals surface area contributed by atoms with Crippen LogP contribution in [0.4, 0.5) is 0 Å². The van der Waals surface area contributed by atoms with Gasteiger partial charge in [-0.1, -0.05) is 0 Å². The first-order valence-corrected chi connectivity index (χ1v) is 10.1. The molecule has 0 amide bonds. The minimum absolute atomic E-state index is 0.00450. The van der Waals surface area contributed by atoms with Crippen molar-refractivity contribution in [2.45, 2.75) is 38.3 Å². The van der Waals surface area contributed by atoms with Crippen LogP contribution in [-0.4, -0.2) is 61.1 Å². The van der Waals surface area contributed by atoms with E-state index in [2.05, 4.69) is 10.2 Å². The quantitative estimate of drug-likeness (QED) is 0.766. The van der Waals surface area contributed by atoms with E-state index in [0.717, 1.165) is 35.3 Å². The van der Waals surface area contributed by atoms with Gasteiger partial charge in [-0.05, 0) is 49.5 Å². The molecule has 0 radical (unpaired) electrons. The van der Waals surface area contributed by atoms with Crippen molar-refractivity contribution in [3.05, 3.63) is 46.4 Å². The molecule has 1 unspecified atom stereocenters. The number of dihydropyridines is 1. The van der Waals surface area contributed by atoms with Gasteiger partial charge >= 0.3 is 0 Å². The van der Waals surface area contributed by atoms with E-state index in [4.69, 9.17) is 23.9 Å². The molecule has 1 saturated carbocycles. The number of hydrogen-bond acceptors (Lipinski definition) is 8. The lowest BCUT2D eigenvalue weighted by atomic mass is 9.74.